The predicted octanol–water partition coefficient (Wildman–Crippen LogP) is 1.76. The second-order valence-electron chi connectivity index (χ2n) is 7.88. The van der Waals surface area contributed by atoms with Gasteiger partial charge in [0.1, 0.15) is 6.04 Å². The fraction of sp³-hybridized carbons (Fsp3) is 0.824. The molecule has 5 N–H and O–H groups in total. The van der Waals surface area contributed by atoms with Gasteiger partial charge in [0.2, 0.25) is 5.91 Å². The third-order valence-corrected chi connectivity index (χ3v) is 3.45. The molecular weight excluding hydrogens is 308 g/mol. The van der Waals surface area contributed by atoms with Crippen LogP contribution in [0.5, 0.6) is 0 Å². The van der Waals surface area contributed by atoms with Gasteiger partial charge in [-0.2, -0.15) is 0 Å². The van der Waals surface area contributed by atoms with Crippen molar-refractivity contribution in [3.05, 3.63) is 0 Å². The summed E-state index contributed by atoms with van der Waals surface area (Å²) in [6, 6.07) is -0.689. The maximum atomic E-state index is 12.6. The maximum absolute atomic E-state index is 12.6. The molecule has 0 bridgehead atoms. The number of nitrogens with one attached hydrogen (secondary N) is 3. The van der Waals surface area contributed by atoms with E-state index in [0.717, 1.165) is 0 Å². The number of hydrogen-bond acceptors (Lipinski definition) is 4. The smallest absolute Gasteiger partial charge is 0.328 e. The number of hydrogen-bond donors (Lipinski definition) is 4. The van der Waals surface area contributed by atoms with Crippen LogP contribution in [0.25, 0.3) is 0 Å². The molecule has 1 unspecified atom stereocenters. The van der Waals surface area contributed by atoms with Crippen molar-refractivity contribution < 1.29 is 14.3 Å². The second kappa shape index (κ2) is 9.49. The van der Waals surface area contributed by atoms with Gasteiger partial charge in [-0.15, -0.1) is 0 Å². The molecule has 140 valence electrons. The Morgan fingerprint density at radius 2 is 1.79 bits per heavy atom. The van der Waals surface area contributed by atoms with Crippen molar-refractivity contribution in [1.82, 2.24) is 10.6 Å². The summed E-state index contributed by atoms with van der Waals surface area (Å²) in [6.45, 7) is 12.5. The van der Waals surface area contributed by atoms with Crippen molar-refractivity contribution in [2.45, 2.75) is 66.8 Å². The van der Waals surface area contributed by atoms with E-state index in [1.54, 1.807) is 6.92 Å². The van der Waals surface area contributed by atoms with E-state index in [2.05, 4.69) is 31.4 Å². The van der Waals surface area contributed by atoms with Crippen molar-refractivity contribution in [2.24, 2.45) is 16.6 Å². The number of carbonyl (C=O) groups is 2. The molecule has 0 rings (SSSR count). The molecule has 0 radical (unpaired) electrons. The number of guanidine groups is 1. The van der Waals surface area contributed by atoms with E-state index in [9.17, 15) is 9.59 Å². The van der Waals surface area contributed by atoms with Gasteiger partial charge in [-0.25, -0.2) is 4.79 Å². The van der Waals surface area contributed by atoms with Crippen LogP contribution in [-0.4, -0.2) is 37.0 Å². The summed E-state index contributed by atoms with van der Waals surface area (Å²) < 4.78 is 5.06. The quantitative estimate of drug-likeness (QED) is 0.220. The summed E-state index contributed by atoms with van der Waals surface area (Å²) in [5.74, 6) is -0.701. The molecule has 0 heterocycles. The molecule has 0 saturated carbocycles. The second-order valence-corrected chi connectivity index (χ2v) is 7.88. The molecule has 7 heteroatoms. The fourth-order valence-electron chi connectivity index (χ4n) is 2.78. The van der Waals surface area contributed by atoms with Crippen molar-refractivity contribution in [1.29, 1.82) is 5.41 Å². The zero-order valence-electron chi connectivity index (χ0n) is 15.9. The lowest BCUT2D eigenvalue weighted by atomic mass is 9.75. The highest BCUT2D eigenvalue weighted by molar-refractivity contribution is 5.87. The van der Waals surface area contributed by atoms with E-state index in [1.165, 1.54) is 0 Å². The van der Waals surface area contributed by atoms with Gasteiger partial charge in [0.25, 0.3) is 0 Å². The molecule has 1 amide bonds. The minimum atomic E-state index is -0.689. The number of esters is 1. The first-order chi connectivity index (χ1) is 10.9. The molecule has 0 aliphatic rings. The van der Waals surface area contributed by atoms with Gasteiger partial charge in [-0.05, 0) is 31.6 Å². The molecule has 0 aromatic carbocycles. The Labute approximate surface area is 145 Å². The van der Waals surface area contributed by atoms with Gasteiger partial charge in [0.05, 0.1) is 6.61 Å². The molecule has 0 spiro atoms. The van der Waals surface area contributed by atoms with Gasteiger partial charge in [0, 0.05) is 12.0 Å². The molecule has 0 aromatic rings. The van der Waals surface area contributed by atoms with E-state index in [1.807, 2.05) is 13.8 Å². The number of nitrogens with two attached hydrogens (primary N) is 1. The van der Waals surface area contributed by atoms with Crippen molar-refractivity contribution in [3.8, 4) is 0 Å². The van der Waals surface area contributed by atoms with Gasteiger partial charge in [-0.3, -0.25) is 10.2 Å². The average molecular weight is 342 g/mol. The predicted molar refractivity (Wildman–Crippen MR) is 95.6 cm³/mol. The SMILES string of the molecule is CCOC(=O)C(CCCNC(=N)N)NC(=O)C(C)(C)CC(C)(C)C. The maximum Gasteiger partial charge on any atom is 0.328 e. The van der Waals surface area contributed by atoms with Crippen molar-refractivity contribution >= 4 is 17.8 Å². The molecule has 0 fully saturated rings. The molecule has 0 aliphatic heterocycles. The lowest BCUT2D eigenvalue weighted by Crippen LogP contribution is -2.48. The number of rotatable bonds is 9. The summed E-state index contributed by atoms with van der Waals surface area (Å²) in [5.41, 5.74) is 4.65. The Kier molecular flexibility index (Phi) is 8.78. The Hall–Kier alpha value is -1.79. The van der Waals surface area contributed by atoms with Crippen LogP contribution in [0.1, 0.15) is 60.8 Å². The minimum absolute atomic E-state index is 0.00563. The first-order valence-electron chi connectivity index (χ1n) is 8.44. The summed E-state index contributed by atoms with van der Waals surface area (Å²) >= 11 is 0. The number of ether oxygens (including phenoxy) is 1. The Morgan fingerprint density at radius 1 is 1.21 bits per heavy atom. The standard InChI is InChI=1S/C17H34N4O3/c1-7-24-13(22)12(9-8-10-20-15(18)19)21-14(23)17(5,6)11-16(2,3)4/h12H,7-11H2,1-6H3,(H,21,23)(H4,18,19,20). The highest BCUT2D eigenvalue weighted by Gasteiger charge is 2.35. The molecule has 7 nitrogen and oxygen atoms in total. The molecule has 1 atom stereocenters. The third kappa shape index (κ3) is 9.37. The lowest BCUT2D eigenvalue weighted by molar-refractivity contribution is -0.149. The van der Waals surface area contributed by atoms with E-state index >= 15 is 0 Å². The Balaban J connectivity index is 4.81. The van der Waals surface area contributed by atoms with Crippen LogP contribution in [0.4, 0.5) is 0 Å². The summed E-state index contributed by atoms with van der Waals surface area (Å²) in [5, 5.41) is 12.6. The zero-order chi connectivity index (χ0) is 19.0. The molecular formula is C17H34N4O3. The van der Waals surface area contributed by atoms with Crippen LogP contribution < -0.4 is 16.4 Å². The van der Waals surface area contributed by atoms with Gasteiger partial charge in [-0.1, -0.05) is 34.6 Å². The monoisotopic (exact) mass is 342 g/mol. The van der Waals surface area contributed by atoms with Crippen LogP contribution in [-0.2, 0) is 14.3 Å². The van der Waals surface area contributed by atoms with E-state index in [0.29, 0.717) is 25.8 Å². The van der Waals surface area contributed by atoms with Crippen LogP contribution >= 0.6 is 0 Å². The fourth-order valence-corrected chi connectivity index (χ4v) is 2.78. The highest BCUT2D eigenvalue weighted by atomic mass is 16.5. The van der Waals surface area contributed by atoms with Crippen LogP contribution in [0.2, 0.25) is 0 Å². The van der Waals surface area contributed by atoms with Crippen LogP contribution in [0.15, 0.2) is 0 Å². The molecule has 0 aliphatic carbocycles. The number of carbonyl (C=O) groups excluding carboxylic acids is 2. The summed E-state index contributed by atoms with van der Waals surface area (Å²) in [7, 11) is 0. The molecule has 24 heavy (non-hydrogen) atoms. The van der Waals surface area contributed by atoms with Crippen molar-refractivity contribution in [3.63, 3.8) is 0 Å². The average Bonchev–Trinajstić information content (AvgIpc) is 2.39. The largest absolute Gasteiger partial charge is 0.464 e. The van der Waals surface area contributed by atoms with Gasteiger partial charge in [0.15, 0.2) is 5.96 Å². The van der Waals surface area contributed by atoms with Crippen LogP contribution in [0.3, 0.4) is 0 Å². The first kappa shape index (κ1) is 22.2. The van der Waals surface area contributed by atoms with Crippen molar-refractivity contribution in [2.75, 3.05) is 13.2 Å². The van der Waals surface area contributed by atoms with Crippen LogP contribution in [0, 0.1) is 16.2 Å². The lowest BCUT2D eigenvalue weighted by Gasteiger charge is -2.32. The van der Waals surface area contributed by atoms with E-state index in [4.69, 9.17) is 15.9 Å². The minimum Gasteiger partial charge on any atom is -0.464 e. The third-order valence-electron chi connectivity index (χ3n) is 3.45. The Bertz CT molecular complexity index is 442. The zero-order valence-corrected chi connectivity index (χ0v) is 15.9. The van der Waals surface area contributed by atoms with Gasteiger partial charge < -0.3 is 21.1 Å². The van der Waals surface area contributed by atoms with E-state index in [-0.39, 0.29) is 23.9 Å². The van der Waals surface area contributed by atoms with Gasteiger partial charge >= 0.3 is 5.97 Å². The topological polar surface area (TPSA) is 117 Å². The molecule has 0 saturated heterocycles. The summed E-state index contributed by atoms with van der Waals surface area (Å²) in [4.78, 5) is 24.7. The Morgan fingerprint density at radius 3 is 2.25 bits per heavy atom. The molecule has 0 aromatic heterocycles. The summed E-state index contributed by atoms with van der Waals surface area (Å²) in [6.07, 6.45) is 1.72. The normalized spacial score (nSPS) is 13.1. The van der Waals surface area contributed by atoms with E-state index < -0.39 is 17.4 Å². The first-order valence-corrected chi connectivity index (χ1v) is 8.44. The highest BCUT2D eigenvalue weighted by Crippen LogP contribution is 2.33. The number of amides is 1.